The van der Waals surface area contributed by atoms with Crippen molar-refractivity contribution in [2.45, 2.75) is 19.8 Å². The molecule has 27 heavy (non-hydrogen) atoms. The molecule has 0 bridgehead atoms. The zero-order valence-electron chi connectivity index (χ0n) is 14.7. The maximum absolute atomic E-state index is 14.3. The van der Waals surface area contributed by atoms with Gasteiger partial charge in [-0.3, -0.25) is 9.59 Å². The monoisotopic (exact) mass is 370 g/mol. The number of aromatic nitrogens is 2. The average molecular weight is 370 g/mol. The Hall–Kier alpha value is -3.42. The van der Waals surface area contributed by atoms with Gasteiger partial charge in [0.1, 0.15) is 11.6 Å². The molecular formula is C19H19FN4O3. The molecule has 3 aromatic rings. The third-order valence-electron chi connectivity index (χ3n) is 3.93. The summed E-state index contributed by atoms with van der Waals surface area (Å²) >= 11 is 0. The van der Waals surface area contributed by atoms with Gasteiger partial charge in [-0.25, -0.2) is 9.37 Å². The molecule has 0 aliphatic heterocycles. The molecule has 140 valence electrons. The van der Waals surface area contributed by atoms with Crippen LogP contribution in [-0.4, -0.2) is 27.9 Å². The predicted molar refractivity (Wildman–Crippen MR) is 97.2 cm³/mol. The standard InChI is InChI=1S/C19H19FN4O3/c1-13-21-9-10-24(13)16-7-6-14(12-15(16)20)23-18(25)5-2-8-22-19(26)17-4-3-11-27-17/h3-4,6-7,9-12H,2,5,8H2,1H3,(H,22,26)(H,23,25). The molecule has 0 unspecified atom stereocenters. The van der Waals surface area contributed by atoms with Gasteiger partial charge in [-0.15, -0.1) is 0 Å². The SMILES string of the molecule is Cc1nccn1-c1ccc(NC(=O)CCCNC(=O)c2ccco2)cc1F. The minimum absolute atomic E-state index is 0.197. The molecule has 2 N–H and O–H groups in total. The highest BCUT2D eigenvalue weighted by Crippen LogP contribution is 2.19. The molecule has 7 nitrogen and oxygen atoms in total. The number of benzene rings is 1. The molecule has 0 radical (unpaired) electrons. The van der Waals surface area contributed by atoms with Gasteiger partial charge >= 0.3 is 0 Å². The Morgan fingerprint density at radius 3 is 2.81 bits per heavy atom. The third kappa shape index (κ3) is 4.60. The topological polar surface area (TPSA) is 89.2 Å². The fraction of sp³-hybridized carbons (Fsp3) is 0.211. The van der Waals surface area contributed by atoms with E-state index in [1.165, 1.54) is 12.3 Å². The van der Waals surface area contributed by atoms with Crippen molar-refractivity contribution in [2.75, 3.05) is 11.9 Å². The van der Waals surface area contributed by atoms with Crippen LogP contribution in [0.5, 0.6) is 0 Å². The summed E-state index contributed by atoms with van der Waals surface area (Å²) in [5, 5.41) is 5.31. The number of nitrogens with zero attached hydrogens (tertiary/aromatic N) is 2. The van der Waals surface area contributed by atoms with Gasteiger partial charge in [-0.1, -0.05) is 0 Å². The van der Waals surface area contributed by atoms with E-state index < -0.39 is 5.82 Å². The first-order chi connectivity index (χ1) is 13.0. The number of aryl methyl sites for hydroxylation is 1. The fourth-order valence-corrected chi connectivity index (χ4v) is 2.58. The molecule has 2 aromatic heterocycles. The van der Waals surface area contributed by atoms with Gasteiger partial charge in [-0.05, 0) is 43.7 Å². The zero-order valence-corrected chi connectivity index (χ0v) is 14.7. The number of amides is 2. The van der Waals surface area contributed by atoms with E-state index >= 15 is 0 Å². The average Bonchev–Trinajstić information content (AvgIpc) is 3.31. The first kappa shape index (κ1) is 18.4. The second-order valence-corrected chi connectivity index (χ2v) is 5.90. The van der Waals surface area contributed by atoms with Crippen LogP contribution < -0.4 is 10.6 Å². The highest BCUT2D eigenvalue weighted by molar-refractivity contribution is 5.92. The Labute approximate surface area is 155 Å². The zero-order chi connectivity index (χ0) is 19.2. The molecule has 0 aliphatic rings. The first-order valence-electron chi connectivity index (χ1n) is 8.46. The van der Waals surface area contributed by atoms with Crippen LogP contribution in [0.25, 0.3) is 5.69 Å². The van der Waals surface area contributed by atoms with Crippen molar-refractivity contribution in [3.05, 3.63) is 66.4 Å². The maximum Gasteiger partial charge on any atom is 0.286 e. The number of anilines is 1. The number of hydrogen-bond donors (Lipinski definition) is 2. The smallest absolute Gasteiger partial charge is 0.286 e. The number of imidazole rings is 1. The van der Waals surface area contributed by atoms with E-state index in [0.29, 0.717) is 30.2 Å². The number of nitrogens with one attached hydrogen (secondary N) is 2. The molecule has 0 fully saturated rings. The van der Waals surface area contributed by atoms with Crippen LogP contribution in [0.1, 0.15) is 29.2 Å². The van der Waals surface area contributed by atoms with Gasteiger partial charge in [0.05, 0.1) is 12.0 Å². The molecule has 2 amide bonds. The second-order valence-electron chi connectivity index (χ2n) is 5.90. The van der Waals surface area contributed by atoms with Gasteiger partial charge in [-0.2, -0.15) is 0 Å². The summed E-state index contributed by atoms with van der Waals surface area (Å²) in [7, 11) is 0. The summed E-state index contributed by atoms with van der Waals surface area (Å²) in [6.07, 6.45) is 5.33. The molecule has 8 heteroatoms. The Morgan fingerprint density at radius 2 is 2.15 bits per heavy atom. The minimum Gasteiger partial charge on any atom is -0.459 e. The summed E-state index contributed by atoms with van der Waals surface area (Å²) in [6, 6.07) is 7.68. The van der Waals surface area contributed by atoms with Crippen LogP contribution in [-0.2, 0) is 4.79 Å². The van der Waals surface area contributed by atoms with E-state index in [-0.39, 0.29) is 24.0 Å². The molecule has 0 spiro atoms. The Bertz CT molecular complexity index is 934. The molecule has 0 saturated carbocycles. The van der Waals surface area contributed by atoms with E-state index in [0.717, 1.165) is 0 Å². The van der Waals surface area contributed by atoms with Crippen LogP contribution in [0.4, 0.5) is 10.1 Å². The summed E-state index contributed by atoms with van der Waals surface area (Å²) in [6.45, 7) is 2.11. The number of halogens is 1. The van der Waals surface area contributed by atoms with E-state index in [9.17, 15) is 14.0 Å². The van der Waals surface area contributed by atoms with Crippen molar-refractivity contribution < 1.29 is 18.4 Å². The van der Waals surface area contributed by atoms with Crippen LogP contribution >= 0.6 is 0 Å². The largest absolute Gasteiger partial charge is 0.459 e. The highest BCUT2D eigenvalue weighted by atomic mass is 19.1. The molecule has 3 rings (SSSR count). The first-order valence-corrected chi connectivity index (χ1v) is 8.46. The Kier molecular flexibility index (Phi) is 5.65. The van der Waals surface area contributed by atoms with Crippen molar-refractivity contribution in [1.29, 1.82) is 0 Å². The molecule has 2 heterocycles. The van der Waals surface area contributed by atoms with E-state index in [1.54, 1.807) is 48.1 Å². The quantitative estimate of drug-likeness (QED) is 0.626. The van der Waals surface area contributed by atoms with Gasteiger partial charge in [0.2, 0.25) is 5.91 Å². The molecule has 0 aliphatic carbocycles. The van der Waals surface area contributed by atoms with Gasteiger partial charge in [0.15, 0.2) is 5.76 Å². The molecule has 0 atom stereocenters. The minimum atomic E-state index is -0.459. The molecule has 0 saturated heterocycles. The van der Waals surface area contributed by atoms with Crippen molar-refractivity contribution in [1.82, 2.24) is 14.9 Å². The van der Waals surface area contributed by atoms with Gasteiger partial charge in [0, 0.05) is 31.0 Å². The number of carbonyl (C=O) groups excluding carboxylic acids is 2. The van der Waals surface area contributed by atoms with Crippen LogP contribution in [0.2, 0.25) is 0 Å². The van der Waals surface area contributed by atoms with Crippen LogP contribution in [0.3, 0.4) is 0 Å². The Morgan fingerprint density at radius 1 is 1.30 bits per heavy atom. The number of furan rings is 1. The van der Waals surface area contributed by atoms with E-state index in [2.05, 4.69) is 15.6 Å². The molecule has 1 aromatic carbocycles. The summed E-state index contributed by atoms with van der Waals surface area (Å²) in [5.74, 6) is -0.147. The number of hydrogen-bond acceptors (Lipinski definition) is 4. The third-order valence-corrected chi connectivity index (χ3v) is 3.93. The van der Waals surface area contributed by atoms with Crippen LogP contribution in [0.15, 0.2) is 53.4 Å². The van der Waals surface area contributed by atoms with E-state index in [4.69, 9.17) is 4.42 Å². The van der Waals surface area contributed by atoms with Gasteiger partial charge < -0.3 is 19.6 Å². The van der Waals surface area contributed by atoms with Crippen molar-refractivity contribution in [3.8, 4) is 5.69 Å². The summed E-state index contributed by atoms with van der Waals surface area (Å²) in [4.78, 5) is 27.7. The predicted octanol–water partition coefficient (Wildman–Crippen LogP) is 3.06. The normalized spacial score (nSPS) is 10.6. The summed E-state index contributed by atoms with van der Waals surface area (Å²) < 4.78 is 20.9. The van der Waals surface area contributed by atoms with Crippen molar-refractivity contribution in [3.63, 3.8) is 0 Å². The maximum atomic E-state index is 14.3. The number of carbonyl (C=O) groups is 2. The van der Waals surface area contributed by atoms with Crippen LogP contribution in [0, 0.1) is 12.7 Å². The van der Waals surface area contributed by atoms with Gasteiger partial charge in [0.25, 0.3) is 5.91 Å². The summed E-state index contributed by atoms with van der Waals surface area (Å²) in [5.41, 5.74) is 0.738. The van der Waals surface area contributed by atoms with Crippen molar-refractivity contribution >= 4 is 17.5 Å². The number of rotatable bonds is 7. The lowest BCUT2D eigenvalue weighted by Gasteiger charge is -2.10. The fourth-order valence-electron chi connectivity index (χ4n) is 2.58. The van der Waals surface area contributed by atoms with Crippen molar-refractivity contribution in [2.24, 2.45) is 0 Å². The van der Waals surface area contributed by atoms with E-state index in [1.807, 2.05) is 0 Å². The lowest BCUT2D eigenvalue weighted by atomic mass is 10.2. The lowest BCUT2D eigenvalue weighted by molar-refractivity contribution is -0.116. The Balaban J connectivity index is 1.47. The molecular weight excluding hydrogens is 351 g/mol. The second kappa shape index (κ2) is 8.31. The lowest BCUT2D eigenvalue weighted by Crippen LogP contribution is -2.25. The highest BCUT2D eigenvalue weighted by Gasteiger charge is 2.10.